The molecule has 1 aromatic carbocycles. The molecule has 31 heavy (non-hydrogen) atoms. The van der Waals surface area contributed by atoms with Crippen LogP contribution in [-0.2, 0) is 9.59 Å². The summed E-state index contributed by atoms with van der Waals surface area (Å²) in [4.78, 5) is 38.6. The molecule has 1 saturated carbocycles. The highest BCUT2D eigenvalue weighted by Gasteiger charge is 2.36. The number of nitrogens with one attached hydrogen (secondary N) is 1. The molecule has 1 aliphatic carbocycles. The van der Waals surface area contributed by atoms with E-state index in [0.717, 1.165) is 30.6 Å². The fourth-order valence-electron chi connectivity index (χ4n) is 4.10. The first-order valence-corrected chi connectivity index (χ1v) is 12.1. The van der Waals surface area contributed by atoms with Crippen LogP contribution in [0.2, 0.25) is 5.02 Å². The number of benzene rings is 1. The van der Waals surface area contributed by atoms with Gasteiger partial charge in [-0.05, 0) is 30.5 Å². The van der Waals surface area contributed by atoms with E-state index < -0.39 is 22.7 Å². The zero-order valence-corrected chi connectivity index (χ0v) is 19.0. The summed E-state index contributed by atoms with van der Waals surface area (Å²) >= 11 is 7.45. The normalized spacial score (nSPS) is 22.0. The van der Waals surface area contributed by atoms with Gasteiger partial charge in [0.05, 0.1) is 35.1 Å². The third-order valence-corrected chi connectivity index (χ3v) is 7.44. The molecule has 2 aliphatic rings. The minimum absolute atomic E-state index is 0.0474. The second-order valence-corrected chi connectivity index (χ2v) is 9.71. The number of aliphatic hydroxyl groups is 2. The van der Waals surface area contributed by atoms with Crippen molar-refractivity contribution in [3.05, 3.63) is 34.3 Å². The predicted molar refractivity (Wildman–Crippen MR) is 120 cm³/mol. The van der Waals surface area contributed by atoms with Gasteiger partial charge in [0.1, 0.15) is 5.25 Å². The number of hydrogen-bond donors (Lipinski definition) is 3. The Labute approximate surface area is 191 Å². The maximum Gasteiger partial charge on any atom is 0.252 e. The van der Waals surface area contributed by atoms with Gasteiger partial charge in [0, 0.05) is 6.54 Å². The van der Waals surface area contributed by atoms with E-state index in [4.69, 9.17) is 16.7 Å². The van der Waals surface area contributed by atoms with Crippen molar-refractivity contribution in [3.63, 3.8) is 0 Å². The van der Waals surface area contributed by atoms with Crippen LogP contribution < -0.4 is 5.32 Å². The number of carbonyl (C=O) groups excluding carboxylic acids is 3. The SMILES string of the molecule is O=C(NCC1(O)CCCCCCC1)c1cc(C2SCC(=O)N(CCO)C2=O)ccc1Cl. The number of hydrogen-bond acceptors (Lipinski definition) is 6. The first-order valence-electron chi connectivity index (χ1n) is 10.7. The van der Waals surface area contributed by atoms with Crippen LogP contribution in [0.4, 0.5) is 0 Å². The van der Waals surface area contributed by atoms with Crippen molar-refractivity contribution in [3.8, 4) is 0 Å². The van der Waals surface area contributed by atoms with E-state index in [1.54, 1.807) is 18.2 Å². The molecule has 1 unspecified atom stereocenters. The summed E-state index contributed by atoms with van der Waals surface area (Å²) < 4.78 is 0. The molecule has 0 bridgehead atoms. The van der Waals surface area contributed by atoms with Crippen molar-refractivity contribution in [1.82, 2.24) is 10.2 Å². The zero-order chi connectivity index (χ0) is 22.4. The van der Waals surface area contributed by atoms with Gasteiger partial charge in [0.15, 0.2) is 0 Å². The summed E-state index contributed by atoms with van der Waals surface area (Å²) in [6.07, 6.45) is 6.55. The molecule has 2 fully saturated rings. The van der Waals surface area contributed by atoms with Crippen LogP contribution in [0.3, 0.4) is 0 Å². The molecule has 0 aromatic heterocycles. The van der Waals surface area contributed by atoms with Crippen molar-refractivity contribution in [2.24, 2.45) is 0 Å². The molecule has 1 heterocycles. The van der Waals surface area contributed by atoms with Gasteiger partial charge < -0.3 is 15.5 Å². The van der Waals surface area contributed by atoms with E-state index in [0.29, 0.717) is 18.4 Å². The van der Waals surface area contributed by atoms with Gasteiger partial charge >= 0.3 is 0 Å². The molecule has 0 radical (unpaired) electrons. The summed E-state index contributed by atoms with van der Waals surface area (Å²) in [6.45, 7) is -0.192. The number of nitrogens with zero attached hydrogens (tertiary/aromatic N) is 1. The molecule has 3 amide bonds. The van der Waals surface area contributed by atoms with Gasteiger partial charge in [0.2, 0.25) is 11.8 Å². The van der Waals surface area contributed by atoms with Crippen LogP contribution in [0.25, 0.3) is 0 Å². The maximum absolute atomic E-state index is 12.8. The lowest BCUT2D eigenvalue weighted by molar-refractivity contribution is -0.144. The van der Waals surface area contributed by atoms with Crippen LogP contribution in [0, 0.1) is 0 Å². The molecule has 3 N–H and O–H groups in total. The van der Waals surface area contributed by atoms with Gasteiger partial charge in [-0.2, -0.15) is 0 Å². The van der Waals surface area contributed by atoms with Gasteiger partial charge in [-0.1, -0.05) is 49.8 Å². The van der Waals surface area contributed by atoms with Crippen molar-refractivity contribution >= 4 is 41.1 Å². The Hall–Kier alpha value is -1.61. The monoisotopic (exact) mass is 468 g/mol. The lowest BCUT2D eigenvalue weighted by Crippen LogP contribution is -2.45. The van der Waals surface area contributed by atoms with Gasteiger partial charge in [-0.3, -0.25) is 19.3 Å². The highest BCUT2D eigenvalue weighted by atomic mass is 35.5. The largest absolute Gasteiger partial charge is 0.395 e. The molecule has 7 nitrogen and oxygen atoms in total. The van der Waals surface area contributed by atoms with E-state index in [-0.39, 0.29) is 41.9 Å². The zero-order valence-electron chi connectivity index (χ0n) is 17.4. The standard InChI is InChI=1S/C22H29ClN2O5S/c23-17-7-6-15(19-21(29)25(10-11-26)18(27)13-31-19)12-16(17)20(28)24-14-22(30)8-4-2-1-3-5-9-22/h6-7,12,19,26,30H,1-5,8-11,13-14H2,(H,24,28). The van der Waals surface area contributed by atoms with E-state index >= 15 is 0 Å². The highest BCUT2D eigenvalue weighted by Crippen LogP contribution is 2.36. The summed E-state index contributed by atoms with van der Waals surface area (Å²) in [7, 11) is 0. The first kappa shape index (κ1) is 24.0. The highest BCUT2D eigenvalue weighted by molar-refractivity contribution is 8.01. The van der Waals surface area contributed by atoms with Crippen LogP contribution >= 0.6 is 23.4 Å². The molecular weight excluding hydrogens is 440 g/mol. The van der Waals surface area contributed by atoms with Gasteiger partial charge in [-0.15, -0.1) is 11.8 Å². The number of thioether (sulfide) groups is 1. The van der Waals surface area contributed by atoms with Crippen molar-refractivity contribution in [2.45, 2.75) is 55.8 Å². The maximum atomic E-state index is 12.8. The number of amides is 3. The van der Waals surface area contributed by atoms with Crippen LogP contribution in [-0.4, -0.2) is 63.9 Å². The number of halogens is 1. The fourth-order valence-corrected chi connectivity index (χ4v) is 5.38. The van der Waals surface area contributed by atoms with Crippen molar-refractivity contribution < 1.29 is 24.6 Å². The van der Waals surface area contributed by atoms with Crippen LogP contribution in [0.5, 0.6) is 0 Å². The average Bonchev–Trinajstić information content (AvgIpc) is 2.73. The third-order valence-electron chi connectivity index (χ3n) is 5.89. The fraction of sp³-hybridized carbons (Fsp3) is 0.591. The summed E-state index contributed by atoms with van der Waals surface area (Å²) in [5, 5.41) is 22.4. The van der Waals surface area contributed by atoms with E-state index in [2.05, 4.69) is 5.32 Å². The first-order chi connectivity index (χ1) is 14.8. The van der Waals surface area contributed by atoms with Crippen molar-refractivity contribution in [1.29, 1.82) is 0 Å². The summed E-state index contributed by atoms with van der Waals surface area (Å²) in [5.74, 6) is -1.03. The molecule has 1 atom stereocenters. The number of β-amino-alcohol motifs (C(OH)–C–C–N with tert-alkyl or cyclic N) is 1. The van der Waals surface area contributed by atoms with Crippen LogP contribution in [0.15, 0.2) is 18.2 Å². The topological polar surface area (TPSA) is 107 Å². The minimum Gasteiger partial charge on any atom is -0.395 e. The summed E-state index contributed by atoms with van der Waals surface area (Å²) in [6, 6.07) is 4.81. The summed E-state index contributed by atoms with van der Waals surface area (Å²) in [5.41, 5.74) is -0.113. The van der Waals surface area contributed by atoms with E-state index in [1.165, 1.54) is 18.2 Å². The quantitative estimate of drug-likeness (QED) is 0.554. The average molecular weight is 469 g/mol. The predicted octanol–water partition coefficient (Wildman–Crippen LogP) is 2.68. The Kier molecular flexibility index (Phi) is 8.38. The van der Waals surface area contributed by atoms with Gasteiger partial charge in [0.25, 0.3) is 5.91 Å². The molecule has 1 saturated heterocycles. The molecular formula is C22H29ClN2O5S. The number of carbonyl (C=O) groups is 3. The molecule has 1 aliphatic heterocycles. The number of rotatable bonds is 6. The third kappa shape index (κ3) is 6.00. The van der Waals surface area contributed by atoms with Gasteiger partial charge in [-0.25, -0.2) is 0 Å². The lowest BCUT2D eigenvalue weighted by atomic mass is 9.87. The smallest absolute Gasteiger partial charge is 0.252 e. The number of aliphatic hydroxyl groups excluding tert-OH is 1. The Morgan fingerprint density at radius 2 is 1.87 bits per heavy atom. The second kappa shape index (κ2) is 10.8. The Balaban J connectivity index is 1.72. The Morgan fingerprint density at radius 3 is 2.55 bits per heavy atom. The van der Waals surface area contributed by atoms with E-state index in [1.807, 2.05) is 0 Å². The second-order valence-electron chi connectivity index (χ2n) is 8.21. The molecule has 3 rings (SSSR count). The Morgan fingerprint density at radius 1 is 1.19 bits per heavy atom. The minimum atomic E-state index is -0.916. The molecule has 1 aromatic rings. The lowest BCUT2D eigenvalue weighted by Gasteiger charge is -2.31. The van der Waals surface area contributed by atoms with E-state index in [9.17, 15) is 19.5 Å². The van der Waals surface area contributed by atoms with Crippen LogP contribution in [0.1, 0.15) is 66.1 Å². The molecule has 9 heteroatoms. The Bertz CT molecular complexity index is 826. The van der Waals surface area contributed by atoms with Crippen molar-refractivity contribution in [2.75, 3.05) is 25.4 Å². The number of imide groups is 1. The molecule has 170 valence electrons. The molecule has 0 spiro atoms.